The first-order valence-corrected chi connectivity index (χ1v) is 6.65. The van der Waals surface area contributed by atoms with Crippen LogP contribution in [0.4, 0.5) is 20.2 Å². The summed E-state index contributed by atoms with van der Waals surface area (Å²) in [5.74, 6) is -2.34. The first-order chi connectivity index (χ1) is 9.95. The van der Waals surface area contributed by atoms with Gasteiger partial charge in [-0.1, -0.05) is 23.2 Å². The molecule has 0 spiro atoms. The van der Waals surface area contributed by atoms with Crippen molar-refractivity contribution in [3.8, 4) is 0 Å². The van der Waals surface area contributed by atoms with Crippen LogP contribution < -0.4 is 10.6 Å². The van der Waals surface area contributed by atoms with Gasteiger partial charge in [0, 0.05) is 16.8 Å². The van der Waals surface area contributed by atoms with Crippen molar-refractivity contribution < 1.29 is 13.6 Å². The van der Waals surface area contributed by atoms with Crippen molar-refractivity contribution in [2.24, 2.45) is 0 Å². The minimum absolute atomic E-state index is 0.131. The standard InChI is InChI=1S/C14H10Cl2F2N2O/c15-8-1-3-10(16)13(5-8)20-14(21)7-19-9-2-4-11(17)12(18)6-9/h1-6,19H,7H2,(H,20,21). The fraction of sp³-hybridized carbons (Fsp3) is 0.0714. The van der Waals surface area contributed by atoms with Crippen LogP contribution in [-0.2, 0) is 4.79 Å². The molecule has 110 valence electrons. The van der Waals surface area contributed by atoms with E-state index in [0.717, 1.165) is 12.1 Å². The number of amides is 1. The molecule has 0 aliphatic carbocycles. The highest BCUT2D eigenvalue weighted by Crippen LogP contribution is 2.25. The van der Waals surface area contributed by atoms with Gasteiger partial charge < -0.3 is 10.6 Å². The molecule has 0 aliphatic heterocycles. The smallest absolute Gasteiger partial charge is 0.243 e. The van der Waals surface area contributed by atoms with Crippen molar-refractivity contribution in [2.75, 3.05) is 17.2 Å². The largest absolute Gasteiger partial charge is 0.376 e. The average molecular weight is 331 g/mol. The van der Waals surface area contributed by atoms with Gasteiger partial charge in [-0.05, 0) is 30.3 Å². The third-order valence-electron chi connectivity index (χ3n) is 2.58. The van der Waals surface area contributed by atoms with Crippen molar-refractivity contribution in [1.29, 1.82) is 0 Å². The molecule has 0 heterocycles. The average Bonchev–Trinajstić information content (AvgIpc) is 2.44. The number of hydrogen-bond acceptors (Lipinski definition) is 2. The summed E-state index contributed by atoms with van der Waals surface area (Å²) in [5, 5.41) is 6.01. The van der Waals surface area contributed by atoms with Crippen LogP contribution in [0.15, 0.2) is 36.4 Å². The third-order valence-corrected chi connectivity index (χ3v) is 3.14. The van der Waals surface area contributed by atoms with Gasteiger partial charge >= 0.3 is 0 Å². The molecule has 2 N–H and O–H groups in total. The van der Waals surface area contributed by atoms with E-state index in [2.05, 4.69) is 10.6 Å². The topological polar surface area (TPSA) is 41.1 Å². The fourth-order valence-electron chi connectivity index (χ4n) is 1.58. The molecule has 0 bridgehead atoms. The normalized spacial score (nSPS) is 10.3. The Morgan fingerprint density at radius 2 is 1.81 bits per heavy atom. The van der Waals surface area contributed by atoms with E-state index in [1.54, 1.807) is 12.1 Å². The Balaban J connectivity index is 1.95. The summed E-state index contributed by atoms with van der Waals surface area (Å²) in [5.41, 5.74) is 0.669. The zero-order chi connectivity index (χ0) is 15.4. The van der Waals surface area contributed by atoms with Gasteiger partial charge in [-0.3, -0.25) is 4.79 Å². The van der Waals surface area contributed by atoms with E-state index in [1.807, 2.05) is 0 Å². The molecule has 7 heteroatoms. The molecule has 1 amide bonds. The van der Waals surface area contributed by atoms with Crippen LogP contribution >= 0.6 is 23.2 Å². The lowest BCUT2D eigenvalue weighted by Crippen LogP contribution is -2.22. The Labute approximate surface area is 129 Å². The molecule has 0 radical (unpaired) electrons. The summed E-state index contributed by atoms with van der Waals surface area (Å²) >= 11 is 11.7. The van der Waals surface area contributed by atoms with E-state index < -0.39 is 17.5 Å². The molecule has 0 unspecified atom stereocenters. The van der Waals surface area contributed by atoms with Crippen molar-refractivity contribution in [3.63, 3.8) is 0 Å². The van der Waals surface area contributed by atoms with Gasteiger partial charge in [-0.25, -0.2) is 8.78 Å². The first kappa shape index (κ1) is 15.5. The van der Waals surface area contributed by atoms with E-state index in [1.165, 1.54) is 12.1 Å². The van der Waals surface area contributed by atoms with E-state index in [4.69, 9.17) is 23.2 Å². The van der Waals surface area contributed by atoms with Gasteiger partial charge in [-0.2, -0.15) is 0 Å². The van der Waals surface area contributed by atoms with Crippen molar-refractivity contribution >= 4 is 40.5 Å². The number of carbonyl (C=O) groups excluding carboxylic acids is 1. The number of hydrogen-bond donors (Lipinski definition) is 2. The Bertz CT molecular complexity index is 680. The maximum Gasteiger partial charge on any atom is 0.243 e. The molecule has 0 saturated carbocycles. The van der Waals surface area contributed by atoms with Gasteiger partial charge in [-0.15, -0.1) is 0 Å². The Morgan fingerprint density at radius 3 is 2.52 bits per heavy atom. The number of carbonyl (C=O) groups is 1. The van der Waals surface area contributed by atoms with Crippen LogP contribution in [0.1, 0.15) is 0 Å². The molecule has 21 heavy (non-hydrogen) atoms. The van der Waals surface area contributed by atoms with Crippen molar-refractivity contribution in [1.82, 2.24) is 0 Å². The third kappa shape index (κ3) is 4.31. The number of anilines is 2. The second kappa shape index (κ2) is 6.74. The van der Waals surface area contributed by atoms with Gasteiger partial charge in [0.2, 0.25) is 5.91 Å². The molecule has 0 aliphatic rings. The maximum absolute atomic E-state index is 13.0. The molecule has 2 rings (SSSR count). The number of rotatable bonds is 4. The second-order valence-electron chi connectivity index (χ2n) is 4.15. The predicted octanol–water partition coefficient (Wildman–Crippen LogP) is 4.32. The summed E-state index contributed by atoms with van der Waals surface area (Å²) in [6.07, 6.45) is 0. The Hall–Kier alpha value is -1.85. The molecule has 2 aromatic rings. The summed E-state index contributed by atoms with van der Waals surface area (Å²) < 4.78 is 25.8. The summed E-state index contributed by atoms with van der Waals surface area (Å²) in [4.78, 5) is 11.8. The van der Waals surface area contributed by atoms with Gasteiger partial charge in [0.05, 0.1) is 17.3 Å². The van der Waals surface area contributed by atoms with Crippen molar-refractivity contribution in [2.45, 2.75) is 0 Å². The van der Waals surface area contributed by atoms with Gasteiger partial charge in [0.25, 0.3) is 0 Å². The lowest BCUT2D eigenvalue weighted by Gasteiger charge is -2.09. The van der Waals surface area contributed by atoms with Gasteiger partial charge in [0.1, 0.15) is 0 Å². The highest BCUT2D eigenvalue weighted by molar-refractivity contribution is 6.35. The molecule has 3 nitrogen and oxygen atoms in total. The lowest BCUT2D eigenvalue weighted by atomic mass is 10.3. The number of nitrogens with one attached hydrogen (secondary N) is 2. The van der Waals surface area contributed by atoms with Gasteiger partial charge in [0.15, 0.2) is 11.6 Å². The van der Waals surface area contributed by atoms with Crippen LogP contribution in [0.3, 0.4) is 0 Å². The molecular weight excluding hydrogens is 321 g/mol. The van der Waals surface area contributed by atoms with Crippen molar-refractivity contribution in [3.05, 3.63) is 58.1 Å². The summed E-state index contributed by atoms with van der Waals surface area (Å²) in [7, 11) is 0. The highest BCUT2D eigenvalue weighted by atomic mass is 35.5. The van der Waals surface area contributed by atoms with E-state index in [0.29, 0.717) is 21.4 Å². The SMILES string of the molecule is O=C(CNc1ccc(F)c(F)c1)Nc1cc(Cl)ccc1Cl. The second-order valence-corrected chi connectivity index (χ2v) is 5.00. The highest BCUT2D eigenvalue weighted by Gasteiger charge is 2.07. The minimum atomic E-state index is -0.988. The van der Waals surface area contributed by atoms with Crippen LogP contribution in [0.25, 0.3) is 0 Å². The first-order valence-electron chi connectivity index (χ1n) is 5.89. The molecular formula is C14H10Cl2F2N2O. The Kier molecular flexibility index (Phi) is 4.98. The molecule has 0 fully saturated rings. The molecule has 0 atom stereocenters. The zero-order valence-electron chi connectivity index (χ0n) is 10.6. The zero-order valence-corrected chi connectivity index (χ0v) is 12.1. The summed E-state index contributed by atoms with van der Waals surface area (Å²) in [6.45, 7) is -0.131. The van der Waals surface area contributed by atoms with Crippen LogP contribution in [-0.4, -0.2) is 12.5 Å². The maximum atomic E-state index is 13.0. The number of halogens is 4. The van der Waals surface area contributed by atoms with E-state index >= 15 is 0 Å². The minimum Gasteiger partial charge on any atom is -0.376 e. The van der Waals surface area contributed by atoms with E-state index in [9.17, 15) is 13.6 Å². The molecule has 0 aromatic heterocycles. The molecule has 0 saturated heterocycles. The van der Waals surface area contributed by atoms with Crippen LogP contribution in [0, 0.1) is 11.6 Å². The summed E-state index contributed by atoms with van der Waals surface area (Å²) in [6, 6.07) is 7.94. The monoisotopic (exact) mass is 330 g/mol. The lowest BCUT2D eigenvalue weighted by molar-refractivity contribution is -0.114. The number of benzene rings is 2. The Morgan fingerprint density at radius 1 is 1.05 bits per heavy atom. The quantitative estimate of drug-likeness (QED) is 0.876. The van der Waals surface area contributed by atoms with Crippen LogP contribution in [0.5, 0.6) is 0 Å². The fourth-order valence-corrected chi connectivity index (χ4v) is 1.91. The predicted molar refractivity (Wildman–Crippen MR) is 79.9 cm³/mol. The molecule has 2 aromatic carbocycles. The van der Waals surface area contributed by atoms with Crippen LogP contribution in [0.2, 0.25) is 10.0 Å². The van der Waals surface area contributed by atoms with E-state index in [-0.39, 0.29) is 6.54 Å².